The topological polar surface area (TPSA) is 173 Å². The number of benzene rings is 2. The summed E-state index contributed by atoms with van der Waals surface area (Å²) in [4.78, 5) is 76.3. The second kappa shape index (κ2) is 17.3. The lowest BCUT2D eigenvalue weighted by atomic mass is 10.1. The van der Waals surface area contributed by atoms with E-state index >= 15 is 0 Å². The maximum atomic E-state index is 13.2. The van der Waals surface area contributed by atoms with Crippen molar-refractivity contribution in [3.63, 3.8) is 0 Å². The number of carbonyl (C=O) groups excluding carboxylic acids is 4. The standard InChI is InChI=1S/C32H32N4O8S4/c37-23(33-21-13-9-19(10-14-21)29(41)42)7-3-1-5-17-35-27(39)25(47-31(35)45)26-28(40)36(32(46)48-26)18-6-2-4-8-24(38)34-22-15-11-20(12-16-22)30(43)44/h9-16H,1-8,17-18H2,(H,33,37)(H,34,38)(H,41,42)(H,43,44)/b26-25+. The average Bonchev–Trinajstić information content (AvgIpc) is 3.49. The van der Waals surface area contributed by atoms with Crippen LogP contribution in [0.25, 0.3) is 0 Å². The quantitative estimate of drug-likeness (QED) is 0.0943. The van der Waals surface area contributed by atoms with E-state index in [1.807, 2.05) is 0 Å². The number of hydrogen-bond acceptors (Lipinski definition) is 10. The Morgan fingerprint density at radius 2 is 0.938 bits per heavy atom. The number of anilines is 2. The molecule has 2 aromatic carbocycles. The maximum absolute atomic E-state index is 13.2. The van der Waals surface area contributed by atoms with E-state index in [1.165, 1.54) is 58.3 Å². The number of nitrogens with zero attached hydrogens (tertiary/aromatic N) is 2. The Kier molecular flexibility index (Phi) is 13.3. The predicted molar refractivity (Wildman–Crippen MR) is 192 cm³/mol. The number of carboxylic acids is 2. The molecule has 2 aliphatic rings. The Morgan fingerprint density at radius 3 is 1.27 bits per heavy atom. The third-order valence-corrected chi connectivity index (χ3v) is 10.3. The highest BCUT2D eigenvalue weighted by atomic mass is 32.2. The van der Waals surface area contributed by atoms with Crippen LogP contribution in [0.5, 0.6) is 0 Å². The molecule has 12 nitrogen and oxygen atoms in total. The first kappa shape index (κ1) is 36.7. The van der Waals surface area contributed by atoms with Crippen LogP contribution in [0.3, 0.4) is 0 Å². The van der Waals surface area contributed by atoms with Crippen molar-refractivity contribution in [3.05, 3.63) is 69.5 Å². The van der Waals surface area contributed by atoms with Crippen molar-refractivity contribution in [2.45, 2.75) is 51.4 Å². The van der Waals surface area contributed by atoms with Crippen molar-refractivity contribution in [1.82, 2.24) is 9.80 Å². The van der Waals surface area contributed by atoms with E-state index in [4.69, 9.17) is 34.6 Å². The molecule has 0 aromatic heterocycles. The molecule has 2 heterocycles. The van der Waals surface area contributed by atoms with Gasteiger partial charge in [-0.3, -0.25) is 29.0 Å². The van der Waals surface area contributed by atoms with Gasteiger partial charge in [-0.15, -0.1) is 0 Å². The molecular formula is C32H32N4O8S4. The Labute approximate surface area is 295 Å². The minimum atomic E-state index is -1.04. The van der Waals surface area contributed by atoms with Crippen LogP contribution in [0.15, 0.2) is 58.3 Å². The predicted octanol–water partition coefficient (Wildman–Crippen LogP) is 5.71. The van der Waals surface area contributed by atoms with Gasteiger partial charge in [-0.05, 0) is 74.2 Å². The Balaban J connectivity index is 1.16. The number of unbranched alkanes of at least 4 members (excludes halogenated alkanes) is 4. The summed E-state index contributed by atoms with van der Waals surface area (Å²) in [7, 11) is 0. The molecule has 4 amide bonds. The van der Waals surface area contributed by atoms with Crippen LogP contribution in [0.2, 0.25) is 0 Å². The van der Waals surface area contributed by atoms with Crippen LogP contribution in [-0.2, 0) is 19.2 Å². The van der Waals surface area contributed by atoms with Gasteiger partial charge in [-0.1, -0.05) is 60.8 Å². The van der Waals surface area contributed by atoms with Crippen molar-refractivity contribution < 1.29 is 39.0 Å². The second-order valence-electron chi connectivity index (χ2n) is 10.8. The van der Waals surface area contributed by atoms with Gasteiger partial charge in [0.25, 0.3) is 11.8 Å². The van der Waals surface area contributed by atoms with Crippen LogP contribution in [-0.4, -0.2) is 77.3 Å². The fraction of sp³-hybridized carbons (Fsp3) is 0.312. The molecule has 2 aromatic rings. The van der Waals surface area contributed by atoms with Crippen LogP contribution in [0, 0.1) is 0 Å². The molecular weight excluding hydrogens is 697 g/mol. The first-order chi connectivity index (χ1) is 22.9. The van der Waals surface area contributed by atoms with Gasteiger partial charge in [0.05, 0.1) is 20.9 Å². The summed E-state index contributed by atoms with van der Waals surface area (Å²) in [6.07, 6.45) is 4.24. The molecule has 0 saturated carbocycles. The first-order valence-electron chi connectivity index (χ1n) is 15.0. The zero-order valence-electron chi connectivity index (χ0n) is 25.6. The molecule has 0 radical (unpaired) electrons. The lowest BCUT2D eigenvalue weighted by molar-refractivity contribution is -0.124. The molecule has 0 bridgehead atoms. The molecule has 4 N–H and O–H groups in total. The van der Waals surface area contributed by atoms with Crippen molar-refractivity contribution in [3.8, 4) is 0 Å². The van der Waals surface area contributed by atoms with E-state index < -0.39 is 11.9 Å². The van der Waals surface area contributed by atoms with E-state index in [9.17, 15) is 28.8 Å². The van der Waals surface area contributed by atoms with Crippen molar-refractivity contribution in [2.24, 2.45) is 0 Å². The lowest BCUT2D eigenvalue weighted by Gasteiger charge is -2.14. The zero-order chi connectivity index (χ0) is 34.8. The molecule has 0 spiro atoms. The van der Waals surface area contributed by atoms with Crippen LogP contribution in [0.4, 0.5) is 11.4 Å². The highest BCUT2D eigenvalue weighted by molar-refractivity contribution is 8.29. The number of amides is 4. The molecule has 0 unspecified atom stereocenters. The summed E-state index contributed by atoms with van der Waals surface area (Å²) in [5.41, 5.74) is 1.29. The molecule has 2 fully saturated rings. The SMILES string of the molecule is O=C(CCCCCN1C(=O)/C(=C2\SC(=S)N(CCCCCC(=O)Nc3ccc(C(=O)O)cc3)C2=O)SC1=S)Nc1ccc(C(=O)O)cc1. The highest BCUT2D eigenvalue weighted by Gasteiger charge is 2.41. The number of carboxylic acid groups (broad SMARTS) is 2. The number of hydrogen-bond donors (Lipinski definition) is 4. The van der Waals surface area contributed by atoms with Crippen molar-refractivity contribution in [1.29, 1.82) is 0 Å². The van der Waals surface area contributed by atoms with Crippen molar-refractivity contribution in [2.75, 3.05) is 23.7 Å². The minimum absolute atomic E-state index is 0.133. The van der Waals surface area contributed by atoms with Crippen LogP contribution >= 0.6 is 48.0 Å². The molecule has 16 heteroatoms. The van der Waals surface area contributed by atoms with Crippen molar-refractivity contribution >= 4 is 104 Å². The summed E-state index contributed by atoms with van der Waals surface area (Å²) in [6, 6.07) is 11.8. The summed E-state index contributed by atoms with van der Waals surface area (Å²) >= 11 is 13.0. The monoisotopic (exact) mass is 728 g/mol. The number of carbonyl (C=O) groups is 6. The molecule has 0 aliphatic carbocycles. The average molecular weight is 729 g/mol. The van der Waals surface area contributed by atoms with Gasteiger partial charge in [0.1, 0.15) is 8.64 Å². The number of thioether (sulfide) groups is 2. The third kappa shape index (κ3) is 9.95. The Bertz CT molecular complexity index is 1540. The summed E-state index contributed by atoms with van der Waals surface area (Å²) < 4.78 is 0.720. The summed E-state index contributed by atoms with van der Waals surface area (Å²) in [6.45, 7) is 0.710. The van der Waals surface area contributed by atoms with Crippen LogP contribution in [0.1, 0.15) is 72.1 Å². The minimum Gasteiger partial charge on any atom is -0.478 e. The normalized spacial score (nSPS) is 16.1. The smallest absolute Gasteiger partial charge is 0.335 e. The van der Waals surface area contributed by atoms with E-state index in [0.29, 0.717) is 71.6 Å². The second-order valence-corrected chi connectivity index (χ2v) is 14.1. The molecule has 2 saturated heterocycles. The lowest BCUT2D eigenvalue weighted by Crippen LogP contribution is -2.31. The zero-order valence-corrected chi connectivity index (χ0v) is 28.8. The van der Waals surface area contributed by atoms with E-state index in [-0.39, 0.29) is 57.4 Å². The molecule has 48 heavy (non-hydrogen) atoms. The largest absolute Gasteiger partial charge is 0.478 e. The van der Waals surface area contributed by atoms with E-state index in [1.54, 1.807) is 0 Å². The van der Waals surface area contributed by atoms with Gasteiger partial charge in [0.15, 0.2) is 0 Å². The Morgan fingerprint density at radius 1 is 0.583 bits per heavy atom. The summed E-state index contributed by atoms with van der Waals surface area (Å²) in [5.74, 6) is -3.15. The van der Waals surface area contributed by atoms with Gasteiger partial charge in [-0.2, -0.15) is 0 Å². The third-order valence-electron chi connectivity index (χ3n) is 7.31. The van der Waals surface area contributed by atoms with E-state index in [2.05, 4.69) is 10.6 Å². The summed E-state index contributed by atoms with van der Waals surface area (Å²) in [5, 5.41) is 23.4. The van der Waals surface area contributed by atoms with E-state index in [0.717, 1.165) is 23.5 Å². The number of thiocarbonyl (C=S) groups is 2. The molecule has 4 rings (SSSR count). The molecule has 0 atom stereocenters. The van der Waals surface area contributed by atoms with Gasteiger partial charge in [-0.25, -0.2) is 9.59 Å². The van der Waals surface area contributed by atoms with Crippen LogP contribution < -0.4 is 10.6 Å². The van der Waals surface area contributed by atoms with Gasteiger partial charge in [0, 0.05) is 37.3 Å². The Hall–Kier alpha value is -4.12. The van der Waals surface area contributed by atoms with Gasteiger partial charge < -0.3 is 20.8 Å². The van der Waals surface area contributed by atoms with Gasteiger partial charge in [0.2, 0.25) is 11.8 Å². The molecule has 2 aliphatic heterocycles. The van der Waals surface area contributed by atoms with Gasteiger partial charge >= 0.3 is 11.9 Å². The highest BCUT2D eigenvalue weighted by Crippen LogP contribution is 2.42. The fourth-order valence-electron chi connectivity index (χ4n) is 4.76. The fourth-order valence-corrected chi connectivity index (χ4v) is 7.53. The first-order valence-corrected chi connectivity index (χ1v) is 17.5. The molecule has 252 valence electrons. The number of aromatic carboxylic acids is 2. The number of rotatable bonds is 16. The number of nitrogens with one attached hydrogen (secondary N) is 2. The maximum Gasteiger partial charge on any atom is 0.335 e.